The van der Waals surface area contributed by atoms with Crippen LogP contribution in [-0.4, -0.2) is 38.2 Å². The van der Waals surface area contributed by atoms with Gasteiger partial charge in [-0.05, 0) is 37.5 Å². The van der Waals surface area contributed by atoms with Crippen LogP contribution in [0.25, 0.3) is 0 Å². The molecule has 0 radical (unpaired) electrons. The van der Waals surface area contributed by atoms with Crippen LogP contribution in [0, 0.1) is 6.92 Å². The maximum absolute atomic E-state index is 12.5. The summed E-state index contributed by atoms with van der Waals surface area (Å²) in [5.74, 6) is -1.26. The third-order valence-corrected chi connectivity index (χ3v) is 5.37. The Bertz CT molecular complexity index is 653. The summed E-state index contributed by atoms with van der Waals surface area (Å²) in [6.45, 7) is 1.94. The fraction of sp³-hybridized carbons (Fsp3) is 0.462. The first-order valence-electron chi connectivity index (χ1n) is 6.38. The molecule has 2 rings (SSSR count). The van der Waals surface area contributed by atoms with E-state index in [0.29, 0.717) is 18.6 Å². The smallest absolute Gasteiger partial charge is 0.327 e. The maximum Gasteiger partial charge on any atom is 0.327 e. The molecule has 1 heterocycles. The highest BCUT2D eigenvalue weighted by atomic mass is 35.5. The van der Waals surface area contributed by atoms with Gasteiger partial charge in [0.15, 0.2) is 5.54 Å². The van der Waals surface area contributed by atoms with Gasteiger partial charge in [0.05, 0.1) is 11.6 Å². The van der Waals surface area contributed by atoms with Gasteiger partial charge in [0, 0.05) is 6.61 Å². The number of halogens is 1. The molecule has 116 valence electrons. The Hall–Kier alpha value is -1.15. The number of nitrogens with one attached hydrogen (secondary N) is 1. The number of carboxylic acids is 1. The monoisotopic (exact) mass is 333 g/mol. The number of carboxylic acid groups (broad SMARTS) is 1. The molecule has 1 aliphatic heterocycles. The first-order chi connectivity index (χ1) is 9.77. The Morgan fingerprint density at radius 1 is 1.48 bits per heavy atom. The molecule has 0 aliphatic carbocycles. The van der Waals surface area contributed by atoms with Crippen LogP contribution in [0.1, 0.15) is 18.4 Å². The van der Waals surface area contributed by atoms with Crippen molar-refractivity contribution < 1.29 is 23.1 Å². The van der Waals surface area contributed by atoms with Crippen molar-refractivity contribution in [2.45, 2.75) is 30.2 Å². The number of sulfonamides is 1. The van der Waals surface area contributed by atoms with E-state index in [4.69, 9.17) is 16.3 Å². The molecule has 0 spiro atoms. The van der Waals surface area contributed by atoms with Gasteiger partial charge >= 0.3 is 5.97 Å². The summed E-state index contributed by atoms with van der Waals surface area (Å²) in [6, 6.07) is 4.55. The second kappa shape index (κ2) is 5.92. The van der Waals surface area contributed by atoms with Crippen molar-refractivity contribution in [3.05, 3.63) is 28.8 Å². The number of hydrogen-bond donors (Lipinski definition) is 2. The molecule has 8 heteroatoms. The number of aliphatic carboxylic acids is 1. The Morgan fingerprint density at radius 3 is 2.76 bits per heavy atom. The Morgan fingerprint density at radius 2 is 2.19 bits per heavy atom. The molecule has 0 aromatic heterocycles. The average molecular weight is 334 g/mol. The lowest BCUT2D eigenvalue weighted by Gasteiger charge is -2.33. The summed E-state index contributed by atoms with van der Waals surface area (Å²) in [4.78, 5) is 11.4. The molecule has 1 aliphatic rings. The molecular weight excluding hydrogens is 318 g/mol. The van der Waals surface area contributed by atoms with Crippen LogP contribution in [-0.2, 0) is 19.6 Å². The summed E-state index contributed by atoms with van der Waals surface area (Å²) in [5, 5.41) is 9.43. The van der Waals surface area contributed by atoms with Crippen molar-refractivity contribution in [3.8, 4) is 0 Å². The highest BCUT2D eigenvalue weighted by molar-refractivity contribution is 7.89. The number of hydrogen-bond acceptors (Lipinski definition) is 4. The third-order valence-electron chi connectivity index (χ3n) is 3.36. The molecule has 1 atom stereocenters. The van der Waals surface area contributed by atoms with E-state index in [1.165, 1.54) is 12.1 Å². The molecule has 0 saturated carbocycles. The first-order valence-corrected chi connectivity index (χ1v) is 8.24. The van der Waals surface area contributed by atoms with Gasteiger partial charge < -0.3 is 9.84 Å². The minimum Gasteiger partial charge on any atom is -0.480 e. The van der Waals surface area contributed by atoms with Crippen LogP contribution in [0.15, 0.2) is 23.1 Å². The fourth-order valence-corrected chi connectivity index (χ4v) is 4.18. The quantitative estimate of drug-likeness (QED) is 0.872. The van der Waals surface area contributed by atoms with Gasteiger partial charge in [-0.25, -0.2) is 8.42 Å². The van der Waals surface area contributed by atoms with E-state index in [2.05, 4.69) is 4.72 Å². The van der Waals surface area contributed by atoms with E-state index < -0.39 is 21.5 Å². The predicted octanol–water partition coefficient (Wildman–Crippen LogP) is 1.56. The summed E-state index contributed by atoms with van der Waals surface area (Å²) < 4.78 is 32.3. The summed E-state index contributed by atoms with van der Waals surface area (Å²) in [7, 11) is -4.06. The topological polar surface area (TPSA) is 92.7 Å². The standard InChI is InChI=1S/C13H16ClNO5S/c1-9-3-4-10(14)11(7-9)21(18,19)15-13(12(16)17)5-2-6-20-8-13/h3-4,7,15H,2,5-6,8H2,1H3,(H,16,17). The minimum atomic E-state index is -4.06. The SMILES string of the molecule is Cc1ccc(Cl)c(S(=O)(=O)NC2(C(=O)O)CCCOC2)c1. The molecule has 2 N–H and O–H groups in total. The molecule has 1 aromatic rings. The maximum atomic E-state index is 12.5. The van der Waals surface area contributed by atoms with Gasteiger partial charge in [0.25, 0.3) is 0 Å². The van der Waals surface area contributed by atoms with Crippen LogP contribution >= 0.6 is 11.6 Å². The van der Waals surface area contributed by atoms with Gasteiger partial charge in [-0.2, -0.15) is 4.72 Å². The van der Waals surface area contributed by atoms with E-state index in [1.54, 1.807) is 13.0 Å². The molecule has 1 fully saturated rings. The summed E-state index contributed by atoms with van der Waals surface area (Å²) in [5.41, 5.74) is -0.937. The molecule has 21 heavy (non-hydrogen) atoms. The van der Waals surface area contributed by atoms with Crippen molar-refractivity contribution in [2.24, 2.45) is 0 Å². The predicted molar refractivity (Wildman–Crippen MR) is 76.9 cm³/mol. The van der Waals surface area contributed by atoms with Gasteiger partial charge in [-0.3, -0.25) is 4.79 Å². The lowest BCUT2D eigenvalue weighted by Crippen LogP contribution is -2.59. The summed E-state index contributed by atoms with van der Waals surface area (Å²) in [6.07, 6.45) is 0.640. The van der Waals surface area contributed by atoms with E-state index in [1.807, 2.05) is 0 Å². The van der Waals surface area contributed by atoms with Crippen molar-refractivity contribution in [2.75, 3.05) is 13.2 Å². The zero-order valence-corrected chi connectivity index (χ0v) is 13.0. The van der Waals surface area contributed by atoms with E-state index in [-0.39, 0.29) is 22.9 Å². The largest absolute Gasteiger partial charge is 0.480 e. The highest BCUT2D eigenvalue weighted by Gasteiger charge is 2.44. The molecule has 6 nitrogen and oxygen atoms in total. The van der Waals surface area contributed by atoms with Crippen LogP contribution in [0.4, 0.5) is 0 Å². The number of rotatable bonds is 4. The van der Waals surface area contributed by atoms with Gasteiger partial charge in [-0.15, -0.1) is 0 Å². The number of benzene rings is 1. The second-order valence-electron chi connectivity index (χ2n) is 5.08. The van der Waals surface area contributed by atoms with Gasteiger partial charge in [-0.1, -0.05) is 17.7 Å². The van der Waals surface area contributed by atoms with E-state index in [9.17, 15) is 18.3 Å². The number of carbonyl (C=O) groups is 1. The Kier molecular flexibility index (Phi) is 4.57. The van der Waals surface area contributed by atoms with Crippen LogP contribution < -0.4 is 4.72 Å². The molecular formula is C13H16ClNO5S. The van der Waals surface area contributed by atoms with E-state index in [0.717, 1.165) is 0 Å². The number of ether oxygens (including phenoxy) is 1. The second-order valence-corrected chi connectivity index (χ2v) is 7.14. The molecule has 1 unspecified atom stereocenters. The molecule has 1 aromatic carbocycles. The molecule has 0 amide bonds. The molecule has 1 saturated heterocycles. The van der Waals surface area contributed by atoms with Crippen molar-refractivity contribution in [3.63, 3.8) is 0 Å². The third kappa shape index (κ3) is 3.37. The van der Waals surface area contributed by atoms with Crippen molar-refractivity contribution in [1.29, 1.82) is 0 Å². The number of aryl methyl sites for hydroxylation is 1. The molecule has 0 bridgehead atoms. The van der Waals surface area contributed by atoms with E-state index >= 15 is 0 Å². The van der Waals surface area contributed by atoms with Crippen molar-refractivity contribution >= 4 is 27.6 Å². The normalized spacial score (nSPS) is 23.0. The zero-order chi connectivity index (χ0) is 15.7. The lowest BCUT2D eigenvalue weighted by atomic mass is 9.94. The van der Waals surface area contributed by atoms with Crippen LogP contribution in [0.3, 0.4) is 0 Å². The van der Waals surface area contributed by atoms with Crippen molar-refractivity contribution in [1.82, 2.24) is 4.72 Å². The first kappa shape index (κ1) is 16.2. The van der Waals surface area contributed by atoms with Gasteiger partial charge in [0.2, 0.25) is 10.0 Å². The minimum absolute atomic E-state index is 0.0466. The highest BCUT2D eigenvalue weighted by Crippen LogP contribution is 2.27. The van der Waals surface area contributed by atoms with Crippen LogP contribution in [0.2, 0.25) is 5.02 Å². The van der Waals surface area contributed by atoms with Crippen LogP contribution in [0.5, 0.6) is 0 Å². The lowest BCUT2D eigenvalue weighted by molar-refractivity contribution is -0.149. The Balaban J connectivity index is 2.39. The fourth-order valence-electron chi connectivity index (χ4n) is 2.22. The Labute approximate surface area is 128 Å². The van der Waals surface area contributed by atoms with Gasteiger partial charge in [0.1, 0.15) is 4.90 Å². The zero-order valence-electron chi connectivity index (χ0n) is 11.4. The average Bonchev–Trinajstić information content (AvgIpc) is 2.42. The summed E-state index contributed by atoms with van der Waals surface area (Å²) >= 11 is 5.93.